The molecule has 0 aromatic heterocycles. The Balaban J connectivity index is 1.79. The summed E-state index contributed by atoms with van der Waals surface area (Å²) >= 11 is 0. The van der Waals surface area contributed by atoms with E-state index in [0.29, 0.717) is 6.10 Å². The maximum atomic E-state index is 9.71. The van der Waals surface area contributed by atoms with Crippen molar-refractivity contribution < 1.29 is 9.84 Å². The third kappa shape index (κ3) is 2.85. The second kappa shape index (κ2) is 6.35. The molecule has 2 aromatic rings. The fraction of sp³-hybridized carbons (Fsp3) is 0.412. The Bertz CT molecular complexity index is 558. The number of benzene rings is 2. The smallest absolute Gasteiger partial charge is 0.0700 e. The van der Waals surface area contributed by atoms with Crippen molar-refractivity contribution in [3.8, 4) is 0 Å². The molecule has 20 heavy (non-hydrogen) atoms. The highest BCUT2D eigenvalue weighted by Crippen LogP contribution is 2.24. The van der Waals surface area contributed by atoms with Crippen molar-refractivity contribution in [2.75, 3.05) is 19.8 Å². The van der Waals surface area contributed by atoms with Crippen LogP contribution in [-0.4, -0.2) is 31.0 Å². The summed E-state index contributed by atoms with van der Waals surface area (Å²) in [6.07, 6.45) is 2.55. The molecule has 2 unspecified atom stereocenters. The van der Waals surface area contributed by atoms with Crippen LogP contribution in [0.25, 0.3) is 10.8 Å². The van der Waals surface area contributed by atoms with Gasteiger partial charge in [-0.1, -0.05) is 42.5 Å². The number of nitrogens with one attached hydrogen (secondary N) is 1. The zero-order valence-electron chi connectivity index (χ0n) is 11.6. The molecule has 1 fully saturated rings. The molecular formula is C17H21NO2. The van der Waals surface area contributed by atoms with E-state index in [1.165, 1.54) is 10.8 Å². The number of rotatable bonds is 5. The van der Waals surface area contributed by atoms with Gasteiger partial charge < -0.3 is 15.2 Å². The maximum Gasteiger partial charge on any atom is 0.0700 e. The van der Waals surface area contributed by atoms with Crippen LogP contribution < -0.4 is 5.32 Å². The molecular weight excluding hydrogens is 250 g/mol. The fourth-order valence-corrected chi connectivity index (χ4v) is 2.91. The van der Waals surface area contributed by atoms with Gasteiger partial charge >= 0.3 is 0 Å². The number of aliphatic hydroxyl groups excluding tert-OH is 1. The lowest BCUT2D eigenvalue weighted by Crippen LogP contribution is -2.32. The molecule has 0 amide bonds. The summed E-state index contributed by atoms with van der Waals surface area (Å²) in [6.45, 7) is 1.76. The molecule has 106 valence electrons. The van der Waals surface area contributed by atoms with Gasteiger partial charge in [-0.05, 0) is 29.2 Å². The topological polar surface area (TPSA) is 41.5 Å². The van der Waals surface area contributed by atoms with Crippen molar-refractivity contribution in [3.05, 3.63) is 48.0 Å². The van der Waals surface area contributed by atoms with E-state index in [1.807, 2.05) is 18.2 Å². The summed E-state index contributed by atoms with van der Waals surface area (Å²) in [5.41, 5.74) is 1.16. The van der Waals surface area contributed by atoms with Crippen LogP contribution in [0.1, 0.15) is 24.4 Å². The largest absolute Gasteiger partial charge is 0.394 e. The van der Waals surface area contributed by atoms with E-state index in [0.717, 1.165) is 31.6 Å². The van der Waals surface area contributed by atoms with E-state index in [4.69, 9.17) is 4.74 Å². The lowest BCUT2D eigenvalue weighted by atomic mass is 9.99. The molecule has 0 bridgehead atoms. The van der Waals surface area contributed by atoms with E-state index >= 15 is 0 Å². The SMILES string of the molecule is OCC(NCC1CCCO1)c1cccc2ccccc12. The third-order valence-corrected chi connectivity index (χ3v) is 4.00. The quantitative estimate of drug-likeness (QED) is 0.878. The summed E-state index contributed by atoms with van der Waals surface area (Å²) in [7, 11) is 0. The molecule has 0 saturated carbocycles. The molecule has 1 saturated heterocycles. The second-order valence-electron chi connectivity index (χ2n) is 5.35. The number of hydrogen-bond donors (Lipinski definition) is 2. The van der Waals surface area contributed by atoms with Gasteiger partial charge in [0.25, 0.3) is 0 Å². The normalized spacial score (nSPS) is 20.4. The minimum atomic E-state index is -0.0368. The first-order chi connectivity index (χ1) is 9.88. The van der Waals surface area contributed by atoms with Crippen LogP contribution in [0.15, 0.2) is 42.5 Å². The highest BCUT2D eigenvalue weighted by atomic mass is 16.5. The van der Waals surface area contributed by atoms with Crippen LogP contribution in [0, 0.1) is 0 Å². The molecule has 2 atom stereocenters. The highest BCUT2D eigenvalue weighted by molar-refractivity contribution is 5.86. The predicted molar refractivity (Wildman–Crippen MR) is 80.8 cm³/mol. The van der Waals surface area contributed by atoms with Crippen LogP contribution in [0.3, 0.4) is 0 Å². The molecule has 1 heterocycles. The molecule has 1 aliphatic heterocycles. The van der Waals surface area contributed by atoms with E-state index in [9.17, 15) is 5.11 Å². The minimum absolute atomic E-state index is 0.0368. The molecule has 2 aromatic carbocycles. The lowest BCUT2D eigenvalue weighted by Gasteiger charge is -2.20. The van der Waals surface area contributed by atoms with Crippen LogP contribution in [0.2, 0.25) is 0 Å². The van der Waals surface area contributed by atoms with E-state index in [-0.39, 0.29) is 12.6 Å². The Kier molecular flexibility index (Phi) is 4.31. The van der Waals surface area contributed by atoms with Gasteiger partial charge in [-0.25, -0.2) is 0 Å². The minimum Gasteiger partial charge on any atom is -0.394 e. The molecule has 3 nitrogen and oxygen atoms in total. The van der Waals surface area contributed by atoms with Crippen LogP contribution >= 0.6 is 0 Å². The number of fused-ring (bicyclic) bond motifs is 1. The third-order valence-electron chi connectivity index (χ3n) is 4.00. The number of ether oxygens (including phenoxy) is 1. The monoisotopic (exact) mass is 271 g/mol. The van der Waals surface area contributed by atoms with Crippen molar-refractivity contribution in [2.24, 2.45) is 0 Å². The highest BCUT2D eigenvalue weighted by Gasteiger charge is 2.18. The van der Waals surface area contributed by atoms with Gasteiger partial charge in [0, 0.05) is 13.2 Å². The van der Waals surface area contributed by atoms with Crippen LogP contribution in [-0.2, 0) is 4.74 Å². The molecule has 3 rings (SSSR count). The lowest BCUT2D eigenvalue weighted by molar-refractivity contribution is 0.104. The van der Waals surface area contributed by atoms with Gasteiger partial charge in [0.2, 0.25) is 0 Å². The summed E-state index contributed by atoms with van der Waals surface area (Å²) in [4.78, 5) is 0. The van der Waals surface area contributed by atoms with E-state index in [1.54, 1.807) is 0 Å². The Morgan fingerprint density at radius 3 is 2.85 bits per heavy atom. The molecule has 0 aliphatic carbocycles. The van der Waals surface area contributed by atoms with Crippen molar-refractivity contribution in [2.45, 2.75) is 25.0 Å². The zero-order chi connectivity index (χ0) is 13.8. The summed E-state index contributed by atoms with van der Waals surface area (Å²) < 4.78 is 5.63. The van der Waals surface area contributed by atoms with Crippen molar-refractivity contribution in [1.29, 1.82) is 0 Å². The summed E-state index contributed by atoms with van der Waals surface area (Å²) in [5, 5.41) is 15.6. The maximum absolute atomic E-state index is 9.71. The molecule has 1 aliphatic rings. The number of aliphatic hydroxyl groups is 1. The van der Waals surface area contributed by atoms with Crippen molar-refractivity contribution in [1.82, 2.24) is 5.32 Å². The van der Waals surface area contributed by atoms with Gasteiger partial charge in [-0.3, -0.25) is 0 Å². The average Bonchev–Trinajstić information content (AvgIpc) is 3.01. The van der Waals surface area contributed by atoms with E-state index in [2.05, 4.69) is 29.6 Å². The Labute approximate surface area is 119 Å². The first kappa shape index (κ1) is 13.6. The van der Waals surface area contributed by atoms with Crippen LogP contribution in [0.4, 0.5) is 0 Å². The fourth-order valence-electron chi connectivity index (χ4n) is 2.91. The standard InChI is InChI=1S/C17H21NO2/c19-12-17(18-11-14-7-4-10-20-14)16-9-3-6-13-5-1-2-8-15(13)16/h1-3,5-6,8-9,14,17-19H,4,7,10-12H2. The summed E-state index contributed by atoms with van der Waals surface area (Å²) in [5.74, 6) is 0. The van der Waals surface area contributed by atoms with Gasteiger partial charge in [0.05, 0.1) is 18.8 Å². The Morgan fingerprint density at radius 1 is 1.20 bits per heavy atom. The van der Waals surface area contributed by atoms with Gasteiger partial charge in [-0.2, -0.15) is 0 Å². The summed E-state index contributed by atoms with van der Waals surface area (Å²) in [6, 6.07) is 14.5. The van der Waals surface area contributed by atoms with Crippen molar-refractivity contribution in [3.63, 3.8) is 0 Å². The first-order valence-corrected chi connectivity index (χ1v) is 7.32. The molecule has 2 N–H and O–H groups in total. The zero-order valence-corrected chi connectivity index (χ0v) is 11.6. The van der Waals surface area contributed by atoms with Gasteiger partial charge in [0.1, 0.15) is 0 Å². The average molecular weight is 271 g/mol. The molecule has 0 radical (unpaired) electrons. The Hall–Kier alpha value is -1.42. The molecule has 0 spiro atoms. The van der Waals surface area contributed by atoms with E-state index < -0.39 is 0 Å². The second-order valence-corrected chi connectivity index (χ2v) is 5.35. The van der Waals surface area contributed by atoms with Gasteiger partial charge in [-0.15, -0.1) is 0 Å². The number of hydrogen-bond acceptors (Lipinski definition) is 3. The Morgan fingerprint density at radius 2 is 2.05 bits per heavy atom. The van der Waals surface area contributed by atoms with Crippen molar-refractivity contribution >= 4 is 10.8 Å². The molecule has 3 heteroatoms. The first-order valence-electron chi connectivity index (χ1n) is 7.32. The predicted octanol–water partition coefficient (Wildman–Crippen LogP) is 2.64. The van der Waals surface area contributed by atoms with Gasteiger partial charge in [0.15, 0.2) is 0 Å². The van der Waals surface area contributed by atoms with Crippen LogP contribution in [0.5, 0.6) is 0 Å².